The third kappa shape index (κ3) is 3.68. The number of aromatic nitrogens is 2. The van der Waals surface area contributed by atoms with E-state index in [-0.39, 0.29) is 13.2 Å². The van der Waals surface area contributed by atoms with Crippen LogP contribution < -0.4 is 11.2 Å². The fraction of sp³-hybridized carbons (Fsp3) is 0.200. The molecule has 0 atom stereocenters. The van der Waals surface area contributed by atoms with Gasteiger partial charge in [-0.15, -0.1) is 0 Å². The summed E-state index contributed by atoms with van der Waals surface area (Å²) in [5.74, 6) is 4.67. The van der Waals surface area contributed by atoms with Crippen molar-refractivity contribution in [1.29, 1.82) is 0 Å². The van der Waals surface area contributed by atoms with E-state index in [1.165, 1.54) is 0 Å². The predicted octanol–water partition coefficient (Wildman–Crippen LogP) is 0.458. The summed E-state index contributed by atoms with van der Waals surface area (Å²) in [7, 11) is 0. The first kappa shape index (κ1) is 14.8. The molecular weight excluding hydrogens is 275 g/mol. The Kier molecular flexibility index (Phi) is 4.69. The van der Waals surface area contributed by atoms with Crippen molar-refractivity contribution in [3.05, 3.63) is 68.2 Å². The zero-order valence-electron chi connectivity index (χ0n) is 11.1. The van der Waals surface area contributed by atoms with Crippen molar-refractivity contribution in [3.8, 4) is 11.8 Å². The average Bonchev–Trinajstić information content (AvgIpc) is 2.47. The van der Waals surface area contributed by atoms with Crippen LogP contribution in [0.5, 0.6) is 0 Å². The highest BCUT2D eigenvalue weighted by atomic mass is 19.1. The molecule has 0 amide bonds. The summed E-state index contributed by atoms with van der Waals surface area (Å²) in [4.78, 5) is 24.5. The number of benzene rings is 1. The molecule has 0 aliphatic heterocycles. The minimum atomic E-state index is -1.03. The molecule has 0 radical (unpaired) electrons. The zero-order valence-corrected chi connectivity index (χ0v) is 11.1. The minimum Gasteiger partial charge on any atom is -0.395 e. The first-order valence-electron chi connectivity index (χ1n) is 6.28. The highest BCUT2D eigenvalue weighted by Crippen LogP contribution is 2.08. The molecule has 0 fully saturated rings. The number of nitrogens with one attached hydrogen (secondary N) is 1. The third-order valence-electron chi connectivity index (χ3n) is 2.79. The van der Waals surface area contributed by atoms with Crippen LogP contribution in [0.1, 0.15) is 17.5 Å². The van der Waals surface area contributed by atoms with Crippen LogP contribution in [0.25, 0.3) is 0 Å². The Balaban J connectivity index is 2.37. The lowest BCUT2D eigenvalue weighted by atomic mass is 10.1. The van der Waals surface area contributed by atoms with Gasteiger partial charge < -0.3 is 5.11 Å². The van der Waals surface area contributed by atoms with Gasteiger partial charge in [0.05, 0.1) is 19.3 Å². The largest absolute Gasteiger partial charge is 0.395 e. The van der Waals surface area contributed by atoms with Crippen LogP contribution in [-0.4, -0.2) is 21.3 Å². The molecule has 2 N–H and O–H groups in total. The summed E-state index contributed by atoms with van der Waals surface area (Å²) in [5, 5.41) is 8.72. The van der Waals surface area contributed by atoms with E-state index in [2.05, 4.69) is 11.8 Å². The van der Waals surface area contributed by atoms with Crippen molar-refractivity contribution in [2.75, 3.05) is 6.61 Å². The number of rotatable bonds is 3. The number of hydrogen-bond acceptors (Lipinski definition) is 3. The van der Waals surface area contributed by atoms with Gasteiger partial charge in [0, 0.05) is 12.0 Å². The number of halogens is 1. The van der Waals surface area contributed by atoms with Gasteiger partial charge in [-0.05, 0) is 11.6 Å². The number of nitrogens with zero attached hydrogens (tertiary/aromatic N) is 1. The van der Waals surface area contributed by atoms with Crippen LogP contribution in [0, 0.1) is 17.7 Å². The van der Waals surface area contributed by atoms with E-state index < -0.39 is 17.1 Å². The molecule has 0 unspecified atom stereocenters. The normalized spacial score (nSPS) is 10.0. The summed E-state index contributed by atoms with van der Waals surface area (Å²) in [6.45, 7) is 0.0657. The van der Waals surface area contributed by atoms with E-state index >= 15 is 0 Å². The molecule has 0 saturated heterocycles. The highest BCUT2D eigenvalue weighted by Gasteiger charge is 2.06. The third-order valence-corrected chi connectivity index (χ3v) is 2.79. The molecule has 1 aromatic heterocycles. The molecular formula is C15H13FN2O3. The molecule has 21 heavy (non-hydrogen) atoms. The van der Waals surface area contributed by atoms with Gasteiger partial charge in [-0.2, -0.15) is 4.39 Å². The molecule has 0 spiro atoms. The molecule has 108 valence electrons. The van der Waals surface area contributed by atoms with Gasteiger partial charge >= 0.3 is 5.69 Å². The van der Waals surface area contributed by atoms with Crippen LogP contribution in [0.3, 0.4) is 0 Å². The number of aliphatic hydroxyl groups excluding tert-OH is 1. The first-order chi connectivity index (χ1) is 10.1. The van der Waals surface area contributed by atoms with Crippen LogP contribution in [-0.2, 0) is 6.54 Å². The Morgan fingerprint density at radius 1 is 1.29 bits per heavy atom. The maximum absolute atomic E-state index is 13.3. The van der Waals surface area contributed by atoms with Gasteiger partial charge in [0.15, 0.2) is 0 Å². The summed E-state index contributed by atoms with van der Waals surface area (Å²) in [5.41, 5.74) is -0.312. The van der Waals surface area contributed by atoms with Crippen molar-refractivity contribution in [2.45, 2.75) is 13.0 Å². The smallest absolute Gasteiger partial charge is 0.328 e. The van der Waals surface area contributed by atoms with E-state index in [1.54, 1.807) is 24.3 Å². The molecule has 0 aliphatic carbocycles. The molecule has 1 aromatic carbocycles. The Bertz CT molecular complexity index is 812. The standard InChI is InChI=1S/C15H13FN2O3/c16-13-10-18(15(21)17-14(13)20)9-12-7-2-1-5-11(12)6-3-4-8-19/h1-2,5,7,10,19H,4,8-9H2,(H,17,20,21). The van der Waals surface area contributed by atoms with E-state index in [9.17, 15) is 14.0 Å². The minimum absolute atomic E-state index is 0.0280. The Hall–Kier alpha value is -2.65. The predicted molar refractivity (Wildman–Crippen MR) is 75.4 cm³/mol. The van der Waals surface area contributed by atoms with E-state index in [0.29, 0.717) is 12.0 Å². The van der Waals surface area contributed by atoms with Crippen molar-refractivity contribution in [2.24, 2.45) is 0 Å². The van der Waals surface area contributed by atoms with Gasteiger partial charge in [-0.3, -0.25) is 14.3 Å². The number of H-pyrrole nitrogens is 1. The highest BCUT2D eigenvalue weighted by molar-refractivity contribution is 5.41. The lowest BCUT2D eigenvalue weighted by molar-refractivity contribution is 0.305. The van der Waals surface area contributed by atoms with Crippen LogP contribution >= 0.6 is 0 Å². The Morgan fingerprint density at radius 2 is 2.05 bits per heavy atom. The lowest BCUT2D eigenvalue weighted by Gasteiger charge is -2.07. The molecule has 2 rings (SSSR count). The second kappa shape index (κ2) is 6.68. The van der Waals surface area contributed by atoms with Gasteiger partial charge in [0.2, 0.25) is 5.82 Å². The molecule has 0 aliphatic rings. The number of aliphatic hydroxyl groups is 1. The average molecular weight is 288 g/mol. The topological polar surface area (TPSA) is 75.1 Å². The lowest BCUT2D eigenvalue weighted by Crippen LogP contribution is -2.31. The Labute approximate surface area is 119 Å². The summed E-state index contributed by atoms with van der Waals surface area (Å²) in [6, 6.07) is 7.10. The summed E-state index contributed by atoms with van der Waals surface area (Å²) < 4.78 is 14.3. The molecule has 1 heterocycles. The second-order valence-corrected chi connectivity index (χ2v) is 4.30. The SMILES string of the molecule is O=c1[nH]c(=O)n(Cc2ccccc2C#CCCO)cc1F. The monoisotopic (exact) mass is 288 g/mol. The van der Waals surface area contributed by atoms with Crippen molar-refractivity contribution in [1.82, 2.24) is 9.55 Å². The Morgan fingerprint density at radius 3 is 2.81 bits per heavy atom. The van der Waals surface area contributed by atoms with Crippen LogP contribution in [0.4, 0.5) is 4.39 Å². The number of aromatic amines is 1. The van der Waals surface area contributed by atoms with Gasteiger partial charge in [0.1, 0.15) is 0 Å². The molecule has 2 aromatic rings. The zero-order chi connectivity index (χ0) is 15.2. The van der Waals surface area contributed by atoms with E-state index in [4.69, 9.17) is 5.11 Å². The van der Waals surface area contributed by atoms with Gasteiger partial charge in [0.25, 0.3) is 5.56 Å². The maximum Gasteiger partial charge on any atom is 0.328 e. The first-order valence-corrected chi connectivity index (χ1v) is 6.28. The number of hydrogen-bond donors (Lipinski definition) is 2. The second-order valence-electron chi connectivity index (χ2n) is 4.30. The van der Waals surface area contributed by atoms with Crippen LogP contribution in [0.15, 0.2) is 40.1 Å². The van der Waals surface area contributed by atoms with E-state index in [0.717, 1.165) is 16.3 Å². The molecule has 0 saturated carbocycles. The van der Waals surface area contributed by atoms with Gasteiger partial charge in [-0.25, -0.2) is 4.79 Å². The van der Waals surface area contributed by atoms with Crippen molar-refractivity contribution >= 4 is 0 Å². The maximum atomic E-state index is 13.3. The van der Waals surface area contributed by atoms with Crippen molar-refractivity contribution < 1.29 is 9.50 Å². The van der Waals surface area contributed by atoms with E-state index in [1.807, 2.05) is 4.98 Å². The molecule has 0 bridgehead atoms. The fourth-order valence-electron chi connectivity index (χ4n) is 1.78. The van der Waals surface area contributed by atoms with Gasteiger partial charge in [-0.1, -0.05) is 30.0 Å². The van der Waals surface area contributed by atoms with Crippen molar-refractivity contribution in [3.63, 3.8) is 0 Å². The summed E-state index contributed by atoms with van der Waals surface area (Å²) in [6.07, 6.45) is 1.22. The molecule has 6 heteroatoms. The molecule has 5 nitrogen and oxygen atoms in total. The quantitative estimate of drug-likeness (QED) is 0.806. The fourth-order valence-corrected chi connectivity index (χ4v) is 1.78. The summed E-state index contributed by atoms with van der Waals surface area (Å²) >= 11 is 0. The van der Waals surface area contributed by atoms with Crippen LogP contribution in [0.2, 0.25) is 0 Å².